The Morgan fingerprint density at radius 3 is 2.52 bits per heavy atom. The van der Waals surface area contributed by atoms with Gasteiger partial charge in [-0.3, -0.25) is 4.79 Å². The Morgan fingerprint density at radius 1 is 1.06 bits per heavy atom. The number of aliphatic hydroxyl groups excluding tert-OH is 3. The first-order valence-electron chi connectivity index (χ1n) is 12.9. The van der Waals surface area contributed by atoms with Crippen LogP contribution in [0.25, 0.3) is 0 Å². The molecule has 4 rings (SSSR count). The molecule has 4 N–H and O–H groups in total. The van der Waals surface area contributed by atoms with E-state index >= 15 is 0 Å². The third-order valence-electron chi connectivity index (χ3n) is 10.6. The summed E-state index contributed by atoms with van der Waals surface area (Å²) in [6, 6.07) is 0. The molecule has 4 fully saturated rings. The highest BCUT2D eigenvalue weighted by molar-refractivity contribution is 5.76. The van der Waals surface area contributed by atoms with Crippen molar-refractivity contribution in [3.8, 4) is 0 Å². The van der Waals surface area contributed by atoms with E-state index < -0.39 is 0 Å². The van der Waals surface area contributed by atoms with Gasteiger partial charge in [0.2, 0.25) is 5.91 Å². The molecule has 0 heterocycles. The predicted molar refractivity (Wildman–Crippen MR) is 121 cm³/mol. The van der Waals surface area contributed by atoms with Gasteiger partial charge < -0.3 is 20.6 Å². The molecule has 1 amide bonds. The van der Waals surface area contributed by atoms with Crippen LogP contribution in [0.15, 0.2) is 0 Å². The fraction of sp³-hybridized carbons (Fsp3) is 0.962. The van der Waals surface area contributed by atoms with Crippen molar-refractivity contribution in [2.24, 2.45) is 46.3 Å². The maximum atomic E-state index is 12.4. The molecule has 0 bridgehead atoms. The van der Waals surface area contributed by atoms with Crippen molar-refractivity contribution >= 4 is 5.91 Å². The lowest BCUT2D eigenvalue weighted by molar-refractivity contribution is -0.207. The Morgan fingerprint density at radius 2 is 1.81 bits per heavy atom. The highest BCUT2D eigenvalue weighted by Gasteiger charge is 2.65. The summed E-state index contributed by atoms with van der Waals surface area (Å²) in [5.74, 6) is 1.88. The van der Waals surface area contributed by atoms with Gasteiger partial charge in [-0.2, -0.15) is 0 Å². The number of fused-ring (bicyclic) bond motifs is 5. The van der Waals surface area contributed by atoms with E-state index in [4.69, 9.17) is 0 Å². The van der Waals surface area contributed by atoms with Crippen molar-refractivity contribution in [2.45, 2.75) is 104 Å². The van der Waals surface area contributed by atoms with Gasteiger partial charge in [0.1, 0.15) is 0 Å². The molecule has 31 heavy (non-hydrogen) atoms. The fourth-order valence-electron chi connectivity index (χ4n) is 8.90. The molecule has 0 aromatic rings. The summed E-state index contributed by atoms with van der Waals surface area (Å²) in [4.78, 5) is 12.4. The molecule has 178 valence electrons. The van der Waals surface area contributed by atoms with Crippen molar-refractivity contribution in [3.63, 3.8) is 0 Å². The number of aliphatic hydroxyl groups is 3. The Hall–Kier alpha value is -0.650. The third kappa shape index (κ3) is 3.77. The lowest BCUT2D eigenvalue weighted by Gasteiger charge is -2.63. The molecule has 5 heteroatoms. The first kappa shape index (κ1) is 23.5. The van der Waals surface area contributed by atoms with Crippen LogP contribution >= 0.6 is 0 Å². The van der Waals surface area contributed by atoms with Crippen LogP contribution in [0.3, 0.4) is 0 Å². The van der Waals surface area contributed by atoms with Gasteiger partial charge in [-0.15, -0.1) is 0 Å². The average Bonchev–Trinajstić information content (AvgIpc) is 3.07. The molecule has 4 saturated carbocycles. The van der Waals surface area contributed by atoms with Crippen LogP contribution in [-0.2, 0) is 4.79 Å². The second kappa shape index (κ2) is 8.61. The Balaban J connectivity index is 1.56. The summed E-state index contributed by atoms with van der Waals surface area (Å²) in [5, 5.41) is 36.2. The first-order chi connectivity index (χ1) is 14.6. The second-order valence-corrected chi connectivity index (χ2v) is 12.1. The van der Waals surface area contributed by atoms with Crippen LogP contribution in [-0.4, -0.2) is 46.1 Å². The summed E-state index contributed by atoms with van der Waals surface area (Å²) < 4.78 is 0. The smallest absolute Gasteiger partial charge is 0.220 e. The van der Waals surface area contributed by atoms with Gasteiger partial charge in [-0.25, -0.2) is 0 Å². The van der Waals surface area contributed by atoms with Crippen molar-refractivity contribution in [1.29, 1.82) is 0 Å². The molecule has 0 spiro atoms. The lowest BCUT2D eigenvalue weighted by atomic mass is 9.43. The van der Waals surface area contributed by atoms with Crippen molar-refractivity contribution < 1.29 is 20.1 Å². The summed E-state index contributed by atoms with van der Waals surface area (Å²) in [6.07, 6.45) is 6.76. The van der Waals surface area contributed by atoms with E-state index in [0.29, 0.717) is 30.1 Å². The maximum absolute atomic E-state index is 12.4. The predicted octanol–water partition coefficient (Wildman–Crippen LogP) is 3.50. The molecule has 11 atom stereocenters. The van der Waals surface area contributed by atoms with Crippen molar-refractivity contribution in [3.05, 3.63) is 0 Å². The van der Waals surface area contributed by atoms with Crippen LogP contribution in [0.2, 0.25) is 0 Å². The van der Waals surface area contributed by atoms with Crippen LogP contribution < -0.4 is 5.32 Å². The van der Waals surface area contributed by atoms with Gasteiger partial charge in [0.05, 0.1) is 18.3 Å². The van der Waals surface area contributed by atoms with E-state index in [1.165, 1.54) is 0 Å². The zero-order valence-electron chi connectivity index (χ0n) is 20.0. The quantitative estimate of drug-likeness (QED) is 0.532. The molecule has 0 radical (unpaired) electrons. The molecule has 0 aromatic heterocycles. The fourth-order valence-corrected chi connectivity index (χ4v) is 8.90. The highest BCUT2D eigenvalue weighted by atomic mass is 16.3. The van der Waals surface area contributed by atoms with Gasteiger partial charge in [0.25, 0.3) is 0 Å². The molecule has 4 aliphatic rings. The van der Waals surface area contributed by atoms with Gasteiger partial charge >= 0.3 is 0 Å². The average molecular weight is 436 g/mol. The zero-order valence-corrected chi connectivity index (χ0v) is 20.0. The van der Waals surface area contributed by atoms with Crippen LogP contribution in [0.5, 0.6) is 0 Å². The van der Waals surface area contributed by atoms with Crippen LogP contribution in [0.1, 0.15) is 85.5 Å². The van der Waals surface area contributed by atoms with E-state index in [9.17, 15) is 20.1 Å². The molecular weight excluding hydrogens is 390 g/mol. The SMILES string of the molecule is CCCNC(=O)CC(C)C1CCC2C3C(C[C@@H](O)[C@@]12C)[C@]1(C)CC[C@H](O)CC1C[C@@H]3O. The second-order valence-electron chi connectivity index (χ2n) is 12.1. The third-order valence-corrected chi connectivity index (χ3v) is 10.6. The Kier molecular flexibility index (Phi) is 6.53. The van der Waals surface area contributed by atoms with Crippen LogP contribution in [0.4, 0.5) is 0 Å². The van der Waals surface area contributed by atoms with Gasteiger partial charge in [0.15, 0.2) is 0 Å². The topological polar surface area (TPSA) is 89.8 Å². The molecule has 0 aliphatic heterocycles. The molecule has 0 saturated heterocycles. The van der Waals surface area contributed by atoms with Gasteiger partial charge in [-0.1, -0.05) is 27.7 Å². The van der Waals surface area contributed by atoms with Gasteiger partial charge in [-0.05, 0) is 97.7 Å². The monoisotopic (exact) mass is 435 g/mol. The minimum Gasteiger partial charge on any atom is -0.393 e. The lowest BCUT2D eigenvalue weighted by Crippen LogP contribution is -2.62. The number of carbonyl (C=O) groups is 1. The summed E-state index contributed by atoms with van der Waals surface area (Å²) in [7, 11) is 0. The number of hydrogen-bond acceptors (Lipinski definition) is 4. The molecule has 5 nitrogen and oxygen atoms in total. The molecule has 6 unspecified atom stereocenters. The number of hydrogen-bond donors (Lipinski definition) is 4. The van der Waals surface area contributed by atoms with Crippen LogP contribution in [0, 0.1) is 46.3 Å². The Bertz CT molecular complexity index is 670. The normalized spacial score (nSPS) is 50.2. The zero-order chi connectivity index (χ0) is 22.6. The number of amides is 1. The summed E-state index contributed by atoms with van der Waals surface area (Å²) in [5.41, 5.74) is -0.126. The first-order valence-corrected chi connectivity index (χ1v) is 12.9. The standard InChI is InChI=1S/C26H45NO4/c1-5-10-27-23(31)11-15(2)18-6-7-19-24-20(14-22(30)26(18,19)4)25(3)9-8-17(28)12-16(25)13-21(24)29/h15-22,24,28-30H,5-14H2,1-4H3,(H,27,31)/t15?,16?,17-,18?,19?,20?,21-,22+,24?,25+,26-/m0/s1. The highest BCUT2D eigenvalue weighted by Crippen LogP contribution is 2.68. The van der Waals surface area contributed by atoms with E-state index in [1.807, 2.05) is 0 Å². The molecule has 4 aliphatic carbocycles. The summed E-state index contributed by atoms with van der Waals surface area (Å²) >= 11 is 0. The van der Waals surface area contributed by atoms with Crippen molar-refractivity contribution in [1.82, 2.24) is 5.32 Å². The Labute approximate surface area is 188 Å². The van der Waals surface area contributed by atoms with E-state index in [-0.39, 0.29) is 46.9 Å². The molecular formula is C26H45NO4. The summed E-state index contributed by atoms with van der Waals surface area (Å²) in [6.45, 7) is 9.59. The van der Waals surface area contributed by atoms with E-state index in [2.05, 4.69) is 33.0 Å². The minimum absolute atomic E-state index is 0.106. The number of nitrogens with one attached hydrogen (secondary N) is 1. The largest absolute Gasteiger partial charge is 0.393 e. The number of carbonyl (C=O) groups excluding carboxylic acids is 1. The molecule has 0 aromatic carbocycles. The van der Waals surface area contributed by atoms with E-state index in [0.717, 1.165) is 57.9 Å². The van der Waals surface area contributed by atoms with E-state index in [1.54, 1.807) is 0 Å². The van der Waals surface area contributed by atoms with Gasteiger partial charge in [0, 0.05) is 13.0 Å². The van der Waals surface area contributed by atoms with Crippen molar-refractivity contribution in [2.75, 3.05) is 6.54 Å². The minimum atomic E-state index is -0.387. The number of rotatable bonds is 5. The maximum Gasteiger partial charge on any atom is 0.220 e.